The summed E-state index contributed by atoms with van der Waals surface area (Å²) in [7, 11) is -3.90. The molecule has 2 unspecified atom stereocenters. The summed E-state index contributed by atoms with van der Waals surface area (Å²) < 4.78 is 35.9. The molecule has 0 spiro atoms. The fraction of sp³-hybridized carbons (Fsp3) is 0.290. The molecule has 200 valence electrons. The van der Waals surface area contributed by atoms with E-state index in [9.17, 15) is 8.42 Å². The van der Waals surface area contributed by atoms with Gasteiger partial charge in [-0.05, 0) is 73.5 Å². The normalized spacial score (nSPS) is 20.5. The van der Waals surface area contributed by atoms with Crippen LogP contribution in [0.2, 0.25) is 0 Å². The van der Waals surface area contributed by atoms with Crippen LogP contribution in [0.1, 0.15) is 41.0 Å². The quantitative estimate of drug-likeness (QED) is 0.359. The number of piperidine rings is 1. The molecule has 4 aromatic rings. The Kier molecular flexibility index (Phi) is 6.83. The largest absolute Gasteiger partial charge is 0.476 e. The average Bonchev–Trinajstić information content (AvgIpc) is 2.92. The number of hydrogen-bond acceptors (Lipinski definition) is 6. The van der Waals surface area contributed by atoms with E-state index in [2.05, 4.69) is 43.9 Å². The average molecular weight is 541 g/mol. The molecule has 6 bridgehead atoms. The van der Waals surface area contributed by atoms with Gasteiger partial charge in [-0.25, -0.2) is 18.1 Å². The number of fused-ring (bicyclic) bond motifs is 7. The second-order valence-electron chi connectivity index (χ2n) is 10.5. The number of nitrogens with one attached hydrogen (secondary N) is 1. The van der Waals surface area contributed by atoms with Gasteiger partial charge in [0.1, 0.15) is 6.61 Å². The van der Waals surface area contributed by atoms with E-state index in [-0.39, 0.29) is 22.8 Å². The van der Waals surface area contributed by atoms with Crippen molar-refractivity contribution in [2.24, 2.45) is 0 Å². The van der Waals surface area contributed by atoms with Crippen LogP contribution in [-0.2, 0) is 16.6 Å². The first-order valence-corrected chi connectivity index (χ1v) is 14.8. The van der Waals surface area contributed by atoms with Gasteiger partial charge < -0.3 is 4.74 Å². The number of nitrogens with zero attached hydrogens (tertiary/aromatic N) is 3. The smallest absolute Gasteiger partial charge is 0.264 e. The van der Waals surface area contributed by atoms with Crippen LogP contribution in [0.15, 0.2) is 83.8 Å². The van der Waals surface area contributed by atoms with Crippen LogP contribution in [0.3, 0.4) is 0 Å². The number of anilines is 1. The predicted molar refractivity (Wildman–Crippen MR) is 152 cm³/mol. The monoisotopic (exact) mass is 540 g/mol. The first-order valence-electron chi connectivity index (χ1n) is 13.3. The molecule has 1 saturated heterocycles. The molecule has 1 N–H and O–H groups in total. The number of sulfonamides is 1. The van der Waals surface area contributed by atoms with E-state index < -0.39 is 10.0 Å². The van der Waals surface area contributed by atoms with Gasteiger partial charge in [0.25, 0.3) is 10.0 Å². The lowest BCUT2D eigenvalue weighted by Crippen LogP contribution is -2.44. The Morgan fingerprint density at radius 1 is 0.949 bits per heavy atom. The third-order valence-corrected chi connectivity index (χ3v) is 9.12. The van der Waals surface area contributed by atoms with Crippen molar-refractivity contribution in [2.45, 2.75) is 50.1 Å². The van der Waals surface area contributed by atoms with Crippen molar-refractivity contribution in [3.05, 3.63) is 101 Å². The molecule has 0 radical (unpaired) electrons. The van der Waals surface area contributed by atoms with Crippen LogP contribution >= 0.6 is 0 Å². The van der Waals surface area contributed by atoms with Gasteiger partial charge in [0.15, 0.2) is 0 Å². The second-order valence-corrected chi connectivity index (χ2v) is 12.2. The lowest BCUT2D eigenvalue weighted by Gasteiger charge is -2.39. The molecular formula is C31H32N4O3S. The van der Waals surface area contributed by atoms with Gasteiger partial charge in [-0.3, -0.25) is 4.90 Å². The Labute approximate surface area is 229 Å². The Balaban J connectivity index is 1.43. The highest BCUT2D eigenvalue weighted by atomic mass is 32.2. The Bertz CT molecular complexity index is 1590. The maximum Gasteiger partial charge on any atom is 0.264 e. The molecule has 1 aromatic heterocycles. The number of benzene rings is 3. The van der Waals surface area contributed by atoms with Crippen LogP contribution < -0.4 is 9.46 Å². The van der Waals surface area contributed by atoms with E-state index >= 15 is 0 Å². The molecule has 0 aliphatic carbocycles. The number of likely N-dealkylation sites (tertiary alicyclic amines) is 1. The summed E-state index contributed by atoms with van der Waals surface area (Å²) in [5.74, 6) is 0.591. The maximum atomic E-state index is 13.4. The van der Waals surface area contributed by atoms with Gasteiger partial charge in [0.05, 0.1) is 10.6 Å². The molecule has 2 aliphatic rings. The van der Waals surface area contributed by atoms with Crippen LogP contribution in [0.25, 0.3) is 11.3 Å². The van der Waals surface area contributed by atoms with Crippen LogP contribution in [-0.4, -0.2) is 42.5 Å². The van der Waals surface area contributed by atoms with Crippen LogP contribution in [0.5, 0.6) is 5.88 Å². The molecule has 0 saturated carbocycles. The lowest BCUT2D eigenvalue weighted by atomic mass is 9.85. The highest BCUT2D eigenvalue weighted by molar-refractivity contribution is 7.92. The van der Waals surface area contributed by atoms with Crippen molar-refractivity contribution in [1.82, 2.24) is 14.9 Å². The number of rotatable bonds is 3. The van der Waals surface area contributed by atoms with E-state index in [0.717, 1.165) is 48.2 Å². The summed E-state index contributed by atoms with van der Waals surface area (Å²) in [5, 5.41) is 0. The number of hydrogen-bond donors (Lipinski definition) is 1. The molecule has 7 nitrogen and oxygen atoms in total. The van der Waals surface area contributed by atoms with Crippen molar-refractivity contribution in [2.75, 3.05) is 17.9 Å². The first kappa shape index (κ1) is 25.5. The molecule has 6 rings (SSSR count). The zero-order chi connectivity index (χ0) is 27.0. The van der Waals surface area contributed by atoms with Crippen LogP contribution in [0.4, 0.5) is 5.95 Å². The molecule has 39 heavy (non-hydrogen) atoms. The van der Waals surface area contributed by atoms with Gasteiger partial charge in [-0.15, -0.1) is 0 Å². The van der Waals surface area contributed by atoms with Crippen molar-refractivity contribution in [3.8, 4) is 17.1 Å². The van der Waals surface area contributed by atoms with Gasteiger partial charge in [0, 0.05) is 24.2 Å². The zero-order valence-electron chi connectivity index (χ0n) is 22.2. The minimum Gasteiger partial charge on any atom is -0.476 e. The van der Waals surface area contributed by atoms with Crippen molar-refractivity contribution >= 4 is 16.0 Å². The number of aromatic nitrogens is 2. The third-order valence-electron chi connectivity index (χ3n) is 7.80. The third kappa shape index (κ3) is 5.40. The maximum absolute atomic E-state index is 13.4. The standard InChI is InChI=1S/C31H32N4O3S/c1-21-8-6-9-22(2)30(21)28-18-29-33-31(32-28)34-39(36,37)27-13-7-12-24(17-27)25-14-15-35(26(16-25)20-38-29)19-23-10-4-3-5-11-23/h3-13,17-18,25-26H,14-16,19-20H2,1-2H3,(H,32,33,34). The molecule has 0 amide bonds. The fourth-order valence-corrected chi connectivity index (χ4v) is 6.79. The molecule has 3 heterocycles. The number of aryl methyl sites for hydroxylation is 2. The van der Waals surface area contributed by atoms with E-state index in [4.69, 9.17) is 4.74 Å². The summed E-state index contributed by atoms with van der Waals surface area (Å²) >= 11 is 0. The Morgan fingerprint density at radius 3 is 2.51 bits per heavy atom. The predicted octanol–water partition coefficient (Wildman–Crippen LogP) is 5.70. The lowest BCUT2D eigenvalue weighted by molar-refractivity contribution is 0.0818. The minimum atomic E-state index is -3.90. The van der Waals surface area contributed by atoms with Crippen LogP contribution in [0, 0.1) is 13.8 Å². The molecule has 1 fully saturated rings. The Hall–Kier alpha value is -3.75. The van der Waals surface area contributed by atoms with Gasteiger partial charge >= 0.3 is 0 Å². The van der Waals surface area contributed by atoms with E-state index in [1.165, 1.54) is 5.56 Å². The second kappa shape index (κ2) is 10.4. The van der Waals surface area contributed by atoms with E-state index in [0.29, 0.717) is 18.2 Å². The molecule has 2 aliphatic heterocycles. The van der Waals surface area contributed by atoms with Gasteiger partial charge in [-0.2, -0.15) is 4.98 Å². The van der Waals surface area contributed by atoms with Crippen molar-refractivity contribution in [1.29, 1.82) is 0 Å². The zero-order valence-corrected chi connectivity index (χ0v) is 23.0. The minimum absolute atomic E-state index is 0.00100. The molecule has 8 heteroatoms. The van der Waals surface area contributed by atoms with E-state index in [1.54, 1.807) is 12.1 Å². The fourth-order valence-electron chi connectivity index (χ4n) is 5.79. The van der Waals surface area contributed by atoms with Crippen molar-refractivity contribution < 1.29 is 13.2 Å². The van der Waals surface area contributed by atoms with Crippen molar-refractivity contribution in [3.63, 3.8) is 0 Å². The highest BCUT2D eigenvalue weighted by Gasteiger charge is 2.31. The Morgan fingerprint density at radius 2 is 1.72 bits per heavy atom. The SMILES string of the molecule is Cc1cccc(C)c1-c1cc2nc(n1)NS(=O)(=O)c1cccc(c1)C1CCN(Cc3ccccc3)C(CO2)C1. The molecule has 2 atom stereocenters. The summed E-state index contributed by atoms with van der Waals surface area (Å²) in [5.41, 5.74) is 5.95. The first-order chi connectivity index (χ1) is 18.9. The molecular weight excluding hydrogens is 508 g/mol. The summed E-state index contributed by atoms with van der Waals surface area (Å²) in [4.78, 5) is 11.8. The number of ether oxygens (including phenoxy) is 1. The van der Waals surface area contributed by atoms with Gasteiger partial charge in [0.2, 0.25) is 11.8 Å². The summed E-state index contributed by atoms with van der Waals surface area (Å²) in [6, 6.07) is 25.8. The highest BCUT2D eigenvalue weighted by Crippen LogP contribution is 2.35. The van der Waals surface area contributed by atoms with Gasteiger partial charge in [-0.1, -0.05) is 60.7 Å². The topological polar surface area (TPSA) is 84.4 Å². The summed E-state index contributed by atoms with van der Waals surface area (Å²) in [6.45, 7) is 6.21. The summed E-state index contributed by atoms with van der Waals surface area (Å²) in [6.07, 6.45) is 1.82. The molecule has 3 aromatic carbocycles. The van der Waals surface area contributed by atoms with E-state index in [1.807, 2.05) is 56.3 Å².